The zero-order chi connectivity index (χ0) is 29.9. The molecule has 214 valence electrons. The van der Waals surface area contributed by atoms with Crippen LogP contribution in [0.3, 0.4) is 0 Å². The van der Waals surface area contributed by atoms with Gasteiger partial charge in [-0.05, 0) is 48.9 Å². The lowest BCUT2D eigenvalue weighted by molar-refractivity contribution is -0.114. The van der Waals surface area contributed by atoms with Crippen LogP contribution in [0, 0.1) is 6.92 Å². The third-order valence-electron chi connectivity index (χ3n) is 6.01. The van der Waals surface area contributed by atoms with E-state index < -0.39 is 11.8 Å². The summed E-state index contributed by atoms with van der Waals surface area (Å²) in [4.78, 5) is 39.6. The van der Waals surface area contributed by atoms with Gasteiger partial charge in [0.2, 0.25) is 5.91 Å². The van der Waals surface area contributed by atoms with Gasteiger partial charge in [0.05, 0.1) is 20.0 Å². The minimum atomic E-state index is -0.480. The van der Waals surface area contributed by atoms with Crippen molar-refractivity contribution in [2.24, 2.45) is 0 Å². The highest BCUT2D eigenvalue weighted by Gasteiger charge is 2.16. The highest BCUT2D eigenvalue weighted by molar-refractivity contribution is 8.00. The second-order valence-electron chi connectivity index (χ2n) is 9.21. The van der Waals surface area contributed by atoms with Crippen molar-refractivity contribution >= 4 is 46.9 Å². The van der Waals surface area contributed by atoms with E-state index in [0.29, 0.717) is 28.4 Å². The molecule has 0 aliphatic carbocycles. The first-order valence-electron chi connectivity index (χ1n) is 13.0. The molecule has 0 bridgehead atoms. The molecule has 8 nitrogen and oxygen atoms in total. The van der Waals surface area contributed by atoms with Crippen LogP contribution in [0.5, 0.6) is 11.5 Å². The number of methoxy groups -OCH3 is 2. The third kappa shape index (κ3) is 8.74. The van der Waals surface area contributed by atoms with E-state index in [1.165, 1.54) is 11.8 Å². The molecule has 0 saturated carbocycles. The minimum absolute atomic E-state index is 0.0962. The minimum Gasteiger partial charge on any atom is -0.497 e. The van der Waals surface area contributed by atoms with Crippen LogP contribution in [0.25, 0.3) is 6.08 Å². The first kappa shape index (κ1) is 30.0. The van der Waals surface area contributed by atoms with Crippen LogP contribution in [-0.2, 0) is 9.59 Å². The lowest BCUT2D eigenvalue weighted by atomic mass is 10.1. The van der Waals surface area contributed by atoms with E-state index in [-0.39, 0.29) is 17.4 Å². The van der Waals surface area contributed by atoms with Crippen molar-refractivity contribution in [3.63, 3.8) is 0 Å². The van der Waals surface area contributed by atoms with Crippen molar-refractivity contribution in [3.8, 4) is 11.5 Å². The Balaban J connectivity index is 1.43. The number of nitrogens with one attached hydrogen (secondary N) is 3. The zero-order valence-corrected chi connectivity index (χ0v) is 24.3. The topological polar surface area (TPSA) is 106 Å². The fraction of sp³-hybridized carbons (Fsp3) is 0.121. The summed E-state index contributed by atoms with van der Waals surface area (Å²) in [6.07, 6.45) is 1.63. The first-order valence-corrected chi connectivity index (χ1v) is 14.0. The molecule has 3 N–H and O–H groups in total. The molecule has 42 heavy (non-hydrogen) atoms. The normalized spacial score (nSPS) is 10.9. The maximum absolute atomic E-state index is 13.4. The Morgan fingerprint density at radius 1 is 0.762 bits per heavy atom. The van der Waals surface area contributed by atoms with Crippen molar-refractivity contribution in [3.05, 3.63) is 119 Å². The molecule has 0 radical (unpaired) electrons. The average molecular weight is 582 g/mol. The second kappa shape index (κ2) is 14.6. The molecule has 0 heterocycles. The molecule has 0 fully saturated rings. The number of ether oxygens (including phenoxy) is 2. The van der Waals surface area contributed by atoms with Gasteiger partial charge in [0, 0.05) is 40.0 Å². The van der Waals surface area contributed by atoms with E-state index in [4.69, 9.17) is 9.47 Å². The molecular weight excluding hydrogens is 550 g/mol. The number of amides is 3. The SMILES string of the molecule is COc1cc(NC(=O)CSc2cccc(NC(=O)/C(=C/c3ccc(C)cc3)NC(=O)c3ccccc3)c2)cc(OC)c1. The summed E-state index contributed by atoms with van der Waals surface area (Å²) in [6.45, 7) is 1.98. The molecule has 0 saturated heterocycles. The van der Waals surface area contributed by atoms with Gasteiger partial charge in [-0.3, -0.25) is 14.4 Å². The molecule has 0 aliphatic heterocycles. The molecule has 0 spiro atoms. The molecule has 0 aromatic heterocycles. The number of carbonyl (C=O) groups is 3. The number of anilines is 2. The molecule has 4 rings (SSSR count). The molecule has 4 aromatic rings. The van der Waals surface area contributed by atoms with Crippen molar-refractivity contribution in [1.29, 1.82) is 0 Å². The van der Waals surface area contributed by atoms with Crippen LogP contribution < -0.4 is 25.4 Å². The summed E-state index contributed by atoms with van der Waals surface area (Å²) >= 11 is 1.32. The van der Waals surface area contributed by atoms with Crippen LogP contribution in [-0.4, -0.2) is 37.7 Å². The van der Waals surface area contributed by atoms with Gasteiger partial charge < -0.3 is 25.4 Å². The predicted molar refractivity (Wildman–Crippen MR) is 167 cm³/mol. The Labute approximate surface area is 249 Å². The molecule has 0 aliphatic rings. The van der Waals surface area contributed by atoms with Gasteiger partial charge in [0.1, 0.15) is 17.2 Å². The number of hydrogen-bond acceptors (Lipinski definition) is 6. The standard InChI is InChI=1S/C33H31N3O5S/c1-22-12-14-23(15-13-22)16-30(36-32(38)24-8-5-4-6-9-24)33(39)35-25-10-7-11-29(19-25)42-21-31(37)34-26-17-27(40-2)20-28(18-26)41-3/h4-20H,21H2,1-3H3,(H,34,37)(H,35,39)(H,36,38)/b30-16-. The summed E-state index contributed by atoms with van der Waals surface area (Å²) in [6, 6.07) is 28.6. The Hall–Kier alpha value is -5.02. The fourth-order valence-corrected chi connectivity index (χ4v) is 4.61. The zero-order valence-electron chi connectivity index (χ0n) is 23.5. The van der Waals surface area contributed by atoms with Gasteiger partial charge in [-0.15, -0.1) is 11.8 Å². The van der Waals surface area contributed by atoms with Crippen LogP contribution in [0.4, 0.5) is 11.4 Å². The van der Waals surface area contributed by atoms with E-state index in [0.717, 1.165) is 16.0 Å². The molecule has 0 unspecified atom stereocenters. The number of benzene rings is 4. The number of aryl methyl sites for hydroxylation is 1. The van der Waals surface area contributed by atoms with Gasteiger partial charge in [0.25, 0.3) is 11.8 Å². The Morgan fingerprint density at radius 3 is 2.12 bits per heavy atom. The van der Waals surface area contributed by atoms with E-state index in [1.54, 1.807) is 81.0 Å². The third-order valence-corrected chi connectivity index (χ3v) is 7.01. The van der Waals surface area contributed by atoms with Gasteiger partial charge >= 0.3 is 0 Å². The van der Waals surface area contributed by atoms with Crippen molar-refractivity contribution in [2.45, 2.75) is 11.8 Å². The highest BCUT2D eigenvalue weighted by atomic mass is 32.2. The maximum Gasteiger partial charge on any atom is 0.272 e. The largest absolute Gasteiger partial charge is 0.497 e. The quantitative estimate of drug-likeness (QED) is 0.145. The van der Waals surface area contributed by atoms with Gasteiger partial charge in [0.15, 0.2) is 0 Å². The van der Waals surface area contributed by atoms with Crippen LogP contribution in [0.2, 0.25) is 0 Å². The number of hydrogen-bond donors (Lipinski definition) is 3. The van der Waals surface area contributed by atoms with Gasteiger partial charge in [-0.25, -0.2) is 0 Å². The summed E-state index contributed by atoms with van der Waals surface area (Å²) < 4.78 is 10.5. The fourth-order valence-electron chi connectivity index (χ4n) is 3.86. The number of carbonyl (C=O) groups excluding carboxylic acids is 3. The van der Waals surface area contributed by atoms with Crippen molar-refractivity contribution in [1.82, 2.24) is 5.32 Å². The molecule has 9 heteroatoms. The summed E-state index contributed by atoms with van der Waals surface area (Å²) in [5, 5.41) is 8.45. The summed E-state index contributed by atoms with van der Waals surface area (Å²) in [5.74, 6) is 0.187. The van der Waals surface area contributed by atoms with Crippen LogP contribution in [0.15, 0.2) is 108 Å². The number of rotatable bonds is 11. The molecule has 0 atom stereocenters. The Morgan fingerprint density at radius 2 is 1.45 bits per heavy atom. The lowest BCUT2D eigenvalue weighted by Crippen LogP contribution is -2.30. The van der Waals surface area contributed by atoms with Crippen LogP contribution >= 0.6 is 11.8 Å². The van der Waals surface area contributed by atoms with E-state index in [2.05, 4.69) is 16.0 Å². The average Bonchev–Trinajstić information content (AvgIpc) is 3.01. The van der Waals surface area contributed by atoms with Gasteiger partial charge in [-0.2, -0.15) is 0 Å². The molecule has 3 amide bonds. The first-order chi connectivity index (χ1) is 20.3. The predicted octanol–water partition coefficient (Wildman–Crippen LogP) is 6.15. The molecule has 4 aromatic carbocycles. The van der Waals surface area contributed by atoms with E-state index in [1.807, 2.05) is 43.3 Å². The van der Waals surface area contributed by atoms with Crippen LogP contribution in [0.1, 0.15) is 21.5 Å². The van der Waals surface area contributed by atoms with Crippen molar-refractivity contribution in [2.75, 3.05) is 30.6 Å². The molecular formula is C33H31N3O5S. The highest BCUT2D eigenvalue weighted by Crippen LogP contribution is 2.27. The Bertz CT molecular complexity index is 1570. The van der Waals surface area contributed by atoms with Crippen molar-refractivity contribution < 1.29 is 23.9 Å². The van der Waals surface area contributed by atoms with E-state index in [9.17, 15) is 14.4 Å². The summed E-state index contributed by atoms with van der Waals surface area (Å²) in [5.41, 5.74) is 3.46. The maximum atomic E-state index is 13.4. The lowest BCUT2D eigenvalue weighted by Gasteiger charge is -2.12. The van der Waals surface area contributed by atoms with E-state index >= 15 is 0 Å². The summed E-state index contributed by atoms with van der Waals surface area (Å²) in [7, 11) is 3.08. The monoisotopic (exact) mass is 581 g/mol. The Kier molecular flexibility index (Phi) is 10.4. The second-order valence-corrected chi connectivity index (χ2v) is 10.3. The number of thioether (sulfide) groups is 1. The smallest absolute Gasteiger partial charge is 0.272 e. The van der Waals surface area contributed by atoms with Gasteiger partial charge in [-0.1, -0.05) is 54.1 Å².